The highest BCUT2D eigenvalue weighted by Crippen LogP contribution is 2.36. The number of carbonyl (C=O) groups is 2. The molecule has 3 amide bonds. The van der Waals surface area contributed by atoms with Crippen molar-refractivity contribution >= 4 is 27.5 Å². The van der Waals surface area contributed by atoms with Gasteiger partial charge in [0.05, 0.1) is 33.5 Å². The Kier molecular flexibility index (Phi) is 5.27. The first-order valence-electron chi connectivity index (χ1n) is 8.55. The van der Waals surface area contributed by atoms with Gasteiger partial charge in [-0.2, -0.15) is 18.4 Å². The molecule has 1 aliphatic rings. The average molecular weight is 455 g/mol. The van der Waals surface area contributed by atoms with Crippen LogP contribution in [-0.4, -0.2) is 31.6 Å². The van der Waals surface area contributed by atoms with E-state index in [4.69, 9.17) is 5.26 Å². The van der Waals surface area contributed by atoms with E-state index in [9.17, 15) is 35.6 Å². The Hall–Kier alpha value is -3.46. The maximum Gasteiger partial charge on any atom is 0.417 e. The van der Waals surface area contributed by atoms with Gasteiger partial charge in [0.1, 0.15) is 11.4 Å². The van der Waals surface area contributed by atoms with Crippen molar-refractivity contribution in [2.24, 2.45) is 0 Å². The number of nitrogens with zero attached hydrogens (tertiary/aromatic N) is 2. The molecule has 0 unspecified atom stereocenters. The predicted molar refractivity (Wildman–Crippen MR) is 99.0 cm³/mol. The zero-order chi connectivity index (χ0) is 23.2. The van der Waals surface area contributed by atoms with Gasteiger partial charge >= 0.3 is 12.2 Å². The van der Waals surface area contributed by atoms with Gasteiger partial charge in [0.25, 0.3) is 5.91 Å². The molecule has 1 N–H and O–H groups in total. The molecule has 2 aromatic rings. The molecule has 0 aliphatic carbocycles. The van der Waals surface area contributed by atoms with Crippen molar-refractivity contribution < 1.29 is 35.6 Å². The van der Waals surface area contributed by atoms with Gasteiger partial charge in [-0.25, -0.2) is 22.5 Å². The molecule has 12 heteroatoms. The van der Waals surface area contributed by atoms with Crippen LogP contribution < -0.4 is 10.2 Å². The van der Waals surface area contributed by atoms with Crippen molar-refractivity contribution in [1.29, 1.82) is 5.26 Å². The van der Waals surface area contributed by atoms with Gasteiger partial charge in [0, 0.05) is 0 Å². The molecule has 0 spiro atoms. The third-order valence-electron chi connectivity index (χ3n) is 4.60. The normalized spacial score (nSPS) is 19.3. The molecule has 1 heterocycles. The maximum absolute atomic E-state index is 13.2. The van der Waals surface area contributed by atoms with Gasteiger partial charge in [-0.3, -0.25) is 4.79 Å². The second kappa shape index (κ2) is 7.35. The van der Waals surface area contributed by atoms with Gasteiger partial charge in [-0.05, 0) is 49.4 Å². The van der Waals surface area contributed by atoms with Gasteiger partial charge < -0.3 is 5.32 Å². The van der Waals surface area contributed by atoms with Crippen molar-refractivity contribution in [3.63, 3.8) is 0 Å². The molecular formula is C19H13F4N3O4S. The largest absolute Gasteiger partial charge is 0.417 e. The molecule has 2 aromatic carbocycles. The number of alkyl halides is 3. The van der Waals surface area contributed by atoms with E-state index >= 15 is 0 Å². The summed E-state index contributed by atoms with van der Waals surface area (Å²) in [4.78, 5) is 25.4. The van der Waals surface area contributed by atoms with Gasteiger partial charge in [0.2, 0.25) is 0 Å². The summed E-state index contributed by atoms with van der Waals surface area (Å²) in [5.41, 5.74) is -4.52. The lowest BCUT2D eigenvalue weighted by Gasteiger charge is -2.22. The van der Waals surface area contributed by atoms with E-state index in [1.165, 1.54) is 6.07 Å². The molecule has 1 saturated heterocycles. The van der Waals surface area contributed by atoms with E-state index in [1.54, 1.807) is 0 Å². The fourth-order valence-corrected chi connectivity index (χ4v) is 4.80. The number of hydrogen-bond donors (Lipinski definition) is 1. The van der Waals surface area contributed by atoms with Crippen LogP contribution >= 0.6 is 0 Å². The minimum Gasteiger partial charge on any atom is -0.322 e. The van der Waals surface area contributed by atoms with Crippen LogP contribution in [0.3, 0.4) is 0 Å². The lowest BCUT2D eigenvalue weighted by Crippen LogP contribution is -2.49. The first-order chi connectivity index (χ1) is 14.3. The van der Waals surface area contributed by atoms with E-state index in [0.717, 1.165) is 43.3 Å². The maximum atomic E-state index is 13.2. The van der Waals surface area contributed by atoms with Crippen LogP contribution in [0.2, 0.25) is 0 Å². The smallest absolute Gasteiger partial charge is 0.322 e. The topological polar surface area (TPSA) is 107 Å². The lowest BCUT2D eigenvalue weighted by molar-refractivity contribution is -0.137. The van der Waals surface area contributed by atoms with E-state index in [-0.39, 0.29) is 4.90 Å². The van der Waals surface area contributed by atoms with Crippen LogP contribution in [0.5, 0.6) is 0 Å². The number of halogens is 4. The number of urea groups is 1. The Bertz CT molecular complexity index is 1220. The molecule has 0 radical (unpaired) electrons. The Morgan fingerprint density at radius 3 is 2.29 bits per heavy atom. The number of anilines is 1. The van der Waals surface area contributed by atoms with Crippen LogP contribution in [-0.2, 0) is 20.8 Å². The van der Waals surface area contributed by atoms with E-state index in [2.05, 4.69) is 5.32 Å². The highest BCUT2D eigenvalue weighted by Gasteiger charge is 2.51. The Morgan fingerprint density at radius 2 is 1.74 bits per heavy atom. The SMILES string of the molecule is C[C@@]1(CS(=O)(=O)c2ccc(F)cc2)NC(=O)N(c2ccc(C#N)c(C(F)(F)F)c2)C1=O. The number of benzene rings is 2. The van der Waals surface area contributed by atoms with Crippen LogP contribution in [0.4, 0.5) is 28.0 Å². The number of imide groups is 1. The molecule has 1 fully saturated rings. The summed E-state index contributed by atoms with van der Waals surface area (Å²) in [5.74, 6) is -2.68. The van der Waals surface area contributed by atoms with Crippen LogP contribution in [0.1, 0.15) is 18.1 Å². The predicted octanol–water partition coefficient (Wildman–Crippen LogP) is 3.00. The number of hydrogen-bond acceptors (Lipinski definition) is 5. The monoisotopic (exact) mass is 455 g/mol. The molecular weight excluding hydrogens is 442 g/mol. The number of sulfone groups is 1. The van der Waals surface area contributed by atoms with Crippen molar-refractivity contribution in [2.75, 3.05) is 10.7 Å². The summed E-state index contributed by atoms with van der Waals surface area (Å²) in [6.07, 6.45) is -4.92. The summed E-state index contributed by atoms with van der Waals surface area (Å²) in [5, 5.41) is 11.1. The van der Waals surface area contributed by atoms with Crippen molar-refractivity contribution in [1.82, 2.24) is 5.32 Å². The molecule has 31 heavy (non-hydrogen) atoms. The first-order valence-corrected chi connectivity index (χ1v) is 10.2. The number of carbonyl (C=O) groups excluding carboxylic acids is 2. The molecule has 7 nitrogen and oxygen atoms in total. The third-order valence-corrected chi connectivity index (χ3v) is 6.55. The first kappa shape index (κ1) is 22.2. The summed E-state index contributed by atoms with van der Waals surface area (Å²) in [6, 6.07) is 6.31. The van der Waals surface area contributed by atoms with Gasteiger partial charge in [-0.1, -0.05) is 0 Å². The summed E-state index contributed by atoms with van der Waals surface area (Å²) in [7, 11) is -4.17. The fraction of sp³-hybridized carbons (Fsp3) is 0.211. The second-order valence-corrected chi connectivity index (χ2v) is 8.94. The lowest BCUT2D eigenvalue weighted by atomic mass is 10.0. The minimum absolute atomic E-state index is 0.298. The molecule has 0 saturated carbocycles. The molecule has 0 bridgehead atoms. The number of rotatable bonds is 4. The van der Waals surface area contributed by atoms with E-state index < -0.39 is 61.9 Å². The van der Waals surface area contributed by atoms with E-state index in [1.807, 2.05) is 0 Å². The van der Waals surface area contributed by atoms with Gasteiger partial charge in [0.15, 0.2) is 9.84 Å². The molecule has 1 atom stereocenters. The molecule has 1 aliphatic heterocycles. The van der Waals surface area contributed by atoms with Crippen LogP contribution in [0.25, 0.3) is 0 Å². The third kappa shape index (κ3) is 4.09. The molecule has 0 aromatic heterocycles. The standard InChI is InChI=1S/C19H13F4N3O4S/c1-18(10-31(29,30)14-6-3-12(20)4-7-14)16(27)26(17(28)25-18)13-5-2-11(9-24)15(8-13)19(21,22)23/h2-8H,10H2,1H3,(H,25,28)/t18-/m0/s1. The minimum atomic E-state index is -4.92. The zero-order valence-electron chi connectivity index (χ0n) is 15.7. The summed E-state index contributed by atoms with van der Waals surface area (Å²) >= 11 is 0. The number of nitriles is 1. The van der Waals surface area contributed by atoms with Crippen molar-refractivity contribution in [3.8, 4) is 6.07 Å². The van der Waals surface area contributed by atoms with Crippen molar-refractivity contribution in [2.45, 2.75) is 23.5 Å². The number of amides is 3. The van der Waals surface area contributed by atoms with Gasteiger partial charge in [-0.15, -0.1) is 0 Å². The highest BCUT2D eigenvalue weighted by molar-refractivity contribution is 7.91. The van der Waals surface area contributed by atoms with Crippen LogP contribution in [0, 0.1) is 17.1 Å². The number of nitrogens with one attached hydrogen (secondary N) is 1. The second-order valence-electron chi connectivity index (χ2n) is 6.96. The zero-order valence-corrected chi connectivity index (χ0v) is 16.5. The Labute approximate surface area is 173 Å². The Morgan fingerprint density at radius 1 is 1.13 bits per heavy atom. The fourth-order valence-electron chi connectivity index (χ4n) is 3.13. The quantitative estimate of drug-likeness (QED) is 0.433. The Balaban J connectivity index is 1.97. The summed E-state index contributed by atoms with van der Waals surface area (Å²) < 4.78 is 78.0. The summed E-state index contributed by atoms with van der Waals surface area (Å²) in [6.45, 7) is 1.11. The van der Waals surface area contributed by atoms with Crippen molar-refractivity contribution in [3.05, 3.63) is 59.4 Å². The average Bonchev–Trinajstić information content (AvgIpc) is 2.88. The van der Waals surface area contributed by atoms with E-state index in [0.29, 0.717) is 11.0 Å². The molecule has 162 valence electrons. The highest BCUT2D eigenvalue weighted by atomic mass is 32.2. The van der Waals surface area contributed by atoms with Crippen LogP contribution in [0.15, 0.2) is 47.4 Å². The molecule has 3 rings (SSSR count).